The second kappa shape index (κ2) is 10.2. The number of carbonyl (C=O) groups is 2. The molecule has 0 bridgehead atoms. The number of hydrogen-bond acceptors (Lipinski definition) is 5. The van der Waals surface area contributed by atoms with Gasteiger partial charge in [0.1, 0.15) is 0 Å². The molecule has 0 heterocycles. The fraction of sp³-hybridized carbons (Fsp3) is 0.0870. The maximum absolute atomic E-state index is 12.3. The van der Waals surface area contributed by atoms with Gasteiger partial charge in [0.25, 0.3) is 5.91 Å². The smallest absolute Gasteiger partial charge is 0.343 e. The van der Waals surface area contributed by atoms with E-state index >= 15 is 0 Å². The predicted octanol–water partition coefficient (Wildman–Crippen LogP) is 4.72. The van der Waals surface area contributed by atoms with Gasteiger partial charge in [-0.05, 0) is 61.0 Å². The Balaban J connectivity index is 1.70. The van der Waals surface area contributed by atoms with Crippen molar-refractivity contribution in [3.05, 3.63) is 94.5 Å². The lowest BCUT2D eigenvalue weighted by atomic mass is 10.2. The van der Waals surface area contributed by atoms with Gasteiger partial charge in [0.2, 0.25) is 0 Å². The molecule has 0 aliphatic carbocycles. The molecule has 0 fully saturated rings. The maximum atomic E-state index is 12.3. The average molecular weight is 423 g/mol. The first-order valence-electron chi connectivity index (χ1n) is 9.20. The van der Waals surface area contributed by atoms with Crippen molar-refractivity contribution in [2.45, 2.75) is 6.92 Å². The molecular formula is C23H19ClN2O4. The Hall–Kier alpha value is -3.64. The summed E-state index contributed by atoms with van der Waals surface area (Å²) in [6.07, 6.45) is 1.47. The summed E-state index contributed by atoms with van der Waals surface area (Å²) >= 11 is 5.89. The van der Waals surface area contributed by atoms with Gasteiger partial charge >= 0.3 is 5.97 Å². The first-order chi connectivity index (χ1) is 14.6. The molecule has 3 aromatic rings. The number of esters is 1. The van der Waals surface area contributed by atoms with Crippen LogP contribution >= 0.6 is 11.6 Å². The number of hydrazone groups is 1. The van der Waals surface area contributed by atoms with Gasteiger partial charge in [-0.25, -0.2) is 10.2 Å². The summed E-state index contributed by atoms with van der Waals surface area (Å²) in [5.74, 6) is -0.170. The molecule has 1 N–H and O–H groups in total. The van der Waals surface area contributed by atoms with Crippen LogP contribution in [0.3, 0.4) is 0 Å². The van der Waals surface area contributed by atoms with Crippen LogP contribution in [0.25, 0.3) is 0 Å². The van der Waals surface area contributed by atoms with Crippen LogP contribution in [0.1, 0.15) is 33.2 Å². The Bertz CT molecular complexity index is 1070. The Morgan fingerprint density at radius 1 is 0.967 bits per heavy atom. The fourth-order valence-corrected chi connectivity index (χ4v) is 2.74. The van der Waals surface area contributed by atoms with Crippen molar-refractivity contribution in [3.63, 3.8) is 0 Å². The number of nitrogens with zero attached hydrogens (tertiary/aromatic N) is 1. The van der Waals surface area contributed by atoms with E-state index in [1.165, 1.54) is 6.21 Å². The Kier molecular flexibility index (Phi) is 7.19. The number of carbonyl (C=O) groups excluding carboxylic acids is 2. The minimum absolute atomic E-state index is 0.297. The highest BCUT2D eigenvalue weighted by Crippen LogP contribution is 2.29. The fourth-order valence-electron chi connectivity index (χ4n) is 2.55. The molecular weight excluding hydrogens is 404 g/mol. The van der Waals surface area contributed by atoms with E-state index in [9.17, 15) is 9.59 Å². The van der Waals surface area contributed by atoms with Gasteiger partial charge in [-0.2, -0.15) is 5.10 Å². The molecule has 1 amide bonds. The van der Waals surface area contributed by atoms with Crippen molar-refractivity contribution in [2.75, 3.05) is 6.61 Å². The summed E-state index contributed by atoms with van der Waals surface area (Å²) in [6, 6.07) is 20.2. The third-order valence-electron chi connectivity index (χ3n) is 3.95. The quantitative estimate of drug-likeness (QED) is 0.258. The van der Waals surface area contributed by atoms with Crippen molar-refractivity contribution in [2.24, 2.45) is 5.10 Å². The van der Waals surface area contributed by atoms with Gasteiger partial charge in [-0.15, -0.1) is 0 Å². The van der Waals surface area contributed by atoms with E-state index in [-0.39, 0.29) is 5.91 Å². The lowest BCUT2D eigenvalue weighted by molar-refractivity contribution is 0.0728. The van der Waals surface area contributed by atoms with Gasteiger partial charge in [0.15, 0.2) is 11.5 Å². The largest absolute Gasteiger partial charge is 0.490 e. The highest BCUT2D eigenvalue weighted by atomic mass is 35.5. The molecule has 3 rings (SSSR count). The Labute approximate surface area is 179 Å². The molecule has 152 valence electrons. The molecule has 7 heteroatoms. The molecule has 0 aliphatic heterocycles. The van der Waals surface area contributed by atoms with Crippen LogP contribution in [0.15, 0.2) is 77.9 Å². The lowest BCUT2D eigenvalue weighted by Gasteiger charge is -2.11. The predicted molar refractivity (Wildman–Crippen MR) is 116 cm³/mol. The molecule has 3 aromatic carbocycles. The Morgan fingerprint density at radius 2 is 1.73 bits per heavy atom. The van der Waals surface area contributed by atoms with E-state index in [1.54, 1.807) is 66.7 Å². The number of ether oxygens (including phenoxy) is 2. The average Bonchev–Trinajstić information content (AvgIpc) is 2.76. The monoisotopic (exact) mass is 422 g/mol. The van der Waals surface area contributed by atoms with Crippen LogP contribution in [-0.4, -0.2) is 24.7 Å². The highest BCUT2D eigenvalue weighted by Gasteiger charge is 2.13. The highest BCUT2D eigenvalue weighted by molar-refractivity contribution is 6.30. The van der Waals surface area contributed by atoms with Gasteiger partial charge in [0.05, 0.1) is 18.4 Å². The normalized spacial score (nSPS) is 10.6. The zero-order valence-electron chi connectivity index (χ0n) is 16.2. The van der Waals surface area contributed by atoms with Crippen molar-refractivity contribution in [1.29, 1.82) is 0 Å². The van der Waals surface area contributed by atoms with E-state index in [0.29, 0.717) is 39.8 Å². The minimum atomic E-state index is -0.480. The van der Waals surface area contributed by atoms with Crippen LogP contribution in [-0.2, 0) is 0 Å². The first-order valence-corrected chi connectivity index (χ1v) is 9.57. The number of rotatable bonds is 7. The molecule has 0 radical (unpaired) electrons. The van der Waals surface area contributed by atoms with E-state index < -0.39 is 5.97 Å². The number of amides is 1. The minimum Gasteiger partial charge on any atom is -0.490 e. The molecule has 0 atom stereocenters. The van der Waals surface area contributed by atoms with Crippen LogP contribution in [0, 0.1) is 0 Å². The van der Waals surface area contributed by atoms with Gasteiger partial charge in [0, 0.05) is 10.6 Å². The maximum Gasteiger partial charge on any atom is 0.343 e. The van der Waals surface area contributed by atoms with Gasteiger partial charge in [-0.1, -0.05) is 35.9 Å². The molecule has 0 aliphatic rings. The number of benzene rings is 3. The van der Waals surface area contributed by atoms with Gasteiger partial charge in [-0.3, -0.25) is 4.79 Å². The van der Waals surface area contributed by atoms with E-state index in [4.69, 9.17) is 21.1 Å². The van der Waals surface area contributed by atoms with Crippen molar-refractivity contribution in [3.8, 4) is 11.5 Å². The van der Waals surface area contributed by atoms with Crippen LogP contribution in [0.4, 0.5) is 0 Å². The second-order valence-corrected chi connectivity index (χ2v) is 6.54. The molecule has 0 spiro atoms. The van der Waals surface area contributed by atoms with E-state index in [2.05, 4.69) is 10.5 Å². The molecule has 0 saturated carbocycles. The summed E-state index contributed by atoms with van der Waals surface area (Å²) in [4.78, 5) is 24.4. The summed E-state index contributed by atoms with van der Waals surface area (Å²) in [5, 5.41) is 4.42. The molecule has 6 nitrogen and oxygen atoms in total. The second-order valence-electron chi connectivity index (χ2n) is 6.10. The van der Waals surface area contributed by atoms with E-state index in [0.717, 1.165) is 0 Å². The Morgan fingerprint density at radius 3 is 2.47 bits per heavy atom. The van der Waals surface area contributed by atoms with Crippen LogP contribution < -0.4 is 14.9 Å². The third kappa shape index (κ3) is 5.68. The summed E-state index contributed by atoms with van der Waals surface area (Å²) < 4.78 is 11.0. The third-order valence-corrected chi connectivity index (χ3v) is 4.18. The zero-order chi connectivity index (χ0) is 21.3. The summed E-state index contributed by atoms with van der Waals surface area (Å²) in [6.45, 7) is 2.22. The molecule has 0 saturated heterocycles. The van der Waals surface area contributed by atoms with Gasteiger partial charge < -0.3 is 9.47 Å². The van der Waals surface area contributed by atoms with Crippen molar-refractivity contribution in [1.82, 2.24) is 5.43 Å². The molecule has 30 heavy (non-hydrogen) atoms. The summed E-state index contributed by atoms with van der Waals surface area (Å²) in [5.41, 5.74) is 3.94. The first kappa shape index (κ1) is 21.1. The SMILES string of the molecule is CCOc1cc(/C=N\NC(=O)c2cccc(Cl)c2)ccc1OC(=O)c1ccccc1. The summed E-state index contributed by atoms with van der Waals surface area (Å²) in [7, 11) is 0. The van der Waals surface area contributed by atoms with Crippen LogP contribution in [0.5, 0.6) is 11.5 Å². The standard InChI is InChI=1S/C23H19ClN2O4/c1-2-29-21-13-16(15-25-26-22(27)18-9-6-10-19(24)14-18)11-12-20(21)30-23(28)17-7-4-3-5-8-17/h3-15H,2H2,1H3,(H,26,27)/b25-15-. The van der Waals surface area contributed by atoms with Crippen molar-refractivity contribution < 1.29 is 19.1 Å². The topological polar surface area (TPSA) is 77.0 Å². The number of halogens is 1. The van der Waals surface area contributed by atoms with Crippen LogP contribution in [0.2, 0.25) is 5.02 Å². The molecule has 0 unspecified atom stereocenters. The number of hydrogen-bond donors (Lipinski definition) is 1. The van der Waals surface area contributed by atoms with E-state index in [1.807, 2.05) is 13.0 Å². The number of nitrogens with one attached hydrogen (secondary N) is 1. The lowest BCUT2D eigenvalue weighted by Crippen LogP contribution is -2.17. The zero-order valence-corrected chi connectivity index (χ0v) is 16.9. The van der Waals surface area contributed by atoms with Crippen molar-refractivity contribution >= 4 is 29.7 Å². The molecule has 0 aromatic heterocycles.